The molecule has 1 fully saturated rings. The third kappa shape index (κ3) is 4.78. The molecule has 2 heterocycles. The van der Waals surface area contributed by atoms with Crippen LogP contribution in [0, 0.1) is 20.8 Å². The lowest BCUT2D eigenvalue weighted by Crippen LogP contribution is -2.38. The van der Waals surface area contributed by atoms with Crippen LogP contribution in [0.5, 0.6) is 0 Å². The predicted molar refractivity (Wildman–Crippen MR) is 142 cm³/mol. The van der Waals surface area contributed by atoms with Crippen molar-refractivity contribution in [2.45, 2.75) is 37.0 Å². The Bertz CT molecular complexity index is 1510. The molecule has 1 atom stereocenters. The lowest BCUT2D eigenvalue weighted by molar-refractivity contribution is -0.130. The second-order valence-electron chi connectivity index (χ2n) is 9.15. The highest BCUT2D eigenvalue weighted by atomic mass is 32.2. The Labute approximate surface area is 215 Å². The molecule has 0 spiro atoms. The van der Waals surface area contributed by atoms with Crippen molar-refractivity contribution in [3.8, 4) is 0 Å². The molecule has 0 radical (unpaired) electrons. The van der Waals surface area contributed by atoms with Gasteiger partial charge in [-0.1, -0.05) is 65.4 Å². The zero-order valence-electron chi connectivity index (χ0n) is 20.4. The molecule has 0 aliphatic carbocycles. The number of rotatable bonds is 6. The van der Waals surface area contributed by atoms with Gasteiger partial charge in [-0.25, -0.2) is 13.4 Å². The van der Waals surface area contributed by atoms with Crippen LogP contribution in [0.25, 0.3) is 11.0 Å². The van der Waals surface area contributed by atoms with Crippen LogP contribution in [0.2, 0.25) is 0 Å². The number of nitrogens with one attached hydrogen (secondary N) is 1. The molecule has 1 aliphatic heterocycles. The van der Waals surface area contributed by atoms with Crippen LogP contribution < -0.4 is 0 Å². The summed E-state index contributed by atoms with van der Waals surface area (Å²) >= 11 is 1.33. The number of aromatic nitrogens is 2. The summed E-state index contributed by atoms with van der Waals surface area (Å²) < 4.78 is 28.7. The minimum atomic E-state index is -3.80. The number of sulfonamides is 1. The Morgan fingerprint density at radius 3 is 2.28 bits per heavy atom. The van der Waals surface area contributed by atoms with Crippen LogP contribution in [-0.2, 0) is 14.8 Å². The van der Waals surface area contributed by atoms with Crippen molar-refractivity contribution in [1.29, 1.82) is 0 Å². The van der Waals surface area contributed by atoms with E-state index in [0.29, 0.717) is 11.7 Å². The Morgan fingerprint density at radius 2 is 1.58 bits per heavy atom. The summed E-state index contributed by atoms with van der Waals surface area (Å²) in [4.78, 5) is 23.2. The first-order valence-corrected chi connectivity index (χ1v) is 14.2. The largest absolute Gasteiger partial charge is 0.333 e. The van der Waals surface area contributed by atoms with Crippen molar-refractivity contribution in [2.24, 2.45) is 0 Å². The maximum Gasteiger partial charge on any atom is 0.245 e. The number of fused-ring (bicyclic) bond motifs is 1. The third-order valence-corrected chi connectivity index (χ3v) is 9.13. The van der Waals surface area contributed by atoms with E-state index in [1.165, 1.54) is 16.1 Å². The first-order chi connectivity index (χ1) is 17.2. The number of carbonyl (C=O) groups excluding carboxylic acids is 1. The highest BCUT2D eigenvalue weighted by Gasteiger charge is 2.43. The van der Waals surface area contributed by atoms with Gasteiger partial charge in [0.25, 0.3) is 0 Å². The number of benzene rings is 3. The predicted octanol–water partition coefficient (Wildman–Crippen LogP) is 4.81. The Morgan fingerprint density at radius 1 is 0.944 bits per heavy atom. The summed E-state index contributed by atoms with van der Waals surface area (Å²) in [5.74, 6) is 0.0170. The maximum absolute atomic E-state index is 13.6. The van der Waals surface area contributed by atoms with Crippen LogP contribution in [0.1, 0.15) is 28.4 Å². The van der Waals surface area contributed by atoms with E-state index in [1.54, 1.807) is 29.2 Å². The van der Waals surface area contributed by atoms with Gasteiger partial charge in [0.05, 0.1) is 21.7 Å². The molecule has 4 aromatic rings. The molecule has 36 heavy (non-hydrogen) atoms. The quantitative estimate of drug-likeness (QED) is 0.369. The molecule has 3 aromatic carbocycles. The van der Waals surface area contributed by atoms with E-state index < -0.39 is 16.2 Å². The molecule has 1 amide bonds. The van der Waals surface area contributed by atoms with E-state index in [1.807, 2.05) is 63.2 Å². The summed E-state index contributed by atoms with van der Waals surface area (Å²) in [6, 6.07) is 20.5. The summed E-state index contributed by atoms with van der Waals surface area (Å²) in [7, 11) is -3.80. The Kier molecular flexibility index (Phi) is 6.63. The van der Waals surface area contributed by atoms with Gasteiger partial charge in [-0.2, -0.15) is 4.31 Å². The molecular weight excluding hydrogens is 492 g/mol. The van der Waals surface area contributed by atoms with E-state index in [-0.39, 0.29) is 23.1 Å². The van der Waals surface area contributed by atoms with E-state index in [0.717, 1.165) is 33.3 Å². The lowest BCUT2D eigenvalue weighted by Gasteiger charge is -2.30. The van der Waals surface area contributed by atoms with Crippen molar-refractivity contribution in [3.63, 3.8) is 0 Å². The molecule has 7 nitrogen and oxygen atoms in total. The summed E-state index contributed by atoms with van der Waals surface area (Å²) in [5, 5.41) is 0.666. The van der Waals surface area contributed by atoms with Gasteiger partial charge in [-0.3, -0.25) is 4.79 Å². The van der Waals surface area contributed by atoms with Gasteiger partial charge < -0.3 is 9.88 Å². The SMILES string of the molecule is Cc1ccc([C@@H]2N(C(=O)CSc3nc4ccc(C)cc4[nH]3)CCN2S(=O)(=O)c2ccc(C)cc2)cc1. The summed E-state index contributed by atoms with van der Waals surface area (Å²) in [6.45, 7) is 6.47. The average molecular weight is 521 g/mol. The Balaban J connectivity index is 1.41. The normalized spacial score (nSPS) is 16.6. The minimum absolute atomic E-state index is 0.135. The fourth-order valence-electron chi connectivity index (χ4n) is 4.43. The topological polar surface area (TPSA) is 86.4 Å². The molecule has 0 unspecified atom stereocenters. The van der Waals surface area contributed by atoms with Gasteiger partial charge in [0.15, 0.2) is 5.16 Å². The number of imidazole rings is 1. The molecule has 5 rings (SSSR count). The molecule has 9 heteroatoms. The van der Waals surface area contributed by atoms with Crippen molar-refractivity contribution in [2.75, 3.05) is 18.8 Å². The van der Waals surface area contributed by atoms with E-state index >= 15 is 0 Å². The van der Waals surface area contributed by atoms with Gasteiger partial charge in [-0.05, 0) is 56.2 Å². The smallest absolute Gasteiger partial charge is 0.245 e. The number of aromatic amines is 1. The number of hydrogen-bond donors (Lipinski definition) is 1. The van der Waals surface area contributed by atoms with Crippen LogP contribution in [-0.4, -0.2) is 52.3 Å². The lowest BCUT2D eigenvalue weighted by atomic mass is 10.1. The second-order valence-corrected chi connectivity index (χ2v) is 12.0. The fourth-order valence-corrected chi connectivity index (χ4v) is 6.77. The molecule has 186 valence electrons. The van der Waals surface area contributed by atoms with Crippen molar-refractivity contribution >= 4 is 38.7 Å². The standard InChI is InChI=1S/C27H28N4O3S2/c1-18-4-9-21(10-5-18)26-30(14-15-31(26)36(33,34)22-11-6-19(2)7-12-22)25(32)17-35-27-28-23-13-8-20(3)16-24(23)29-27/h4-13,16,26H,14-15,17H2,1-3H3,(H,28,29)/t26-/m1/s1. The Hall–Kier alpha value is -3.14. The number of aryl methyl sites for hydroxylation is 3. The van der Waals surface area contributed by atoms with Crippen molar-refractivity contribution in [1.82, 2.24) is 19.2 Å². The molecular formula is C27H28N4O3S2. The number of thioether (sulfide) groups is 1. The fraction of sp³-hybridized carbons (Fsp3) is 0.259. The zero-order valence-corrected chi connectivity index (χ0v) is 22.1. The average Bonchev–Trinajstić information content (AvgIpc) is 3.48. The van der Waals surface area contributed by atoms with Crippen LogP contribution in [0.3, 0.4) is 0 Å². The van der Waals surface area contributed by atoms with E-state index in [2.05, 4.69) is 9.97 Å². The van der Waals surface area contributed by atoms with Gasteiger partial charge in [-0.15, -0.1) is 0 Å². The summed E-state index contributed by atoms with van der Waals surface area (Å²) in [5.41, 5.74) is 5.74. The molecule has 1 saturated heterocycles. The highest BCUT2D eigenvalue weighted by Crippen LogP contribution is 2.36. The van der Waals surface area contributed by atoms with Gasteiger partial charge in [0.1, 0.15) is 6.17 Å². The highest BCUT2D eigenvalue weighted by molar-refractivity contribution is 7.99. The van der Waals surface area contributed by atoms with Crippen molar-refractivity contribution < 1.29 is 13.2 Å². The van der Waals surface area contributed by atoms with Gasteiger partial charge >= 0.3 is 0 Å². The monoisotopic (exact) mass is 520 g/mol. The molecule has 1 aliphatic rings. The molecule has 1 N–H and O–H groups in total. The summed E-state index contributed by atoms with van der Waals surface area (Å²) in [6.07, 6.45) is -0.705. The number of nitrogens with zero attached hydrogens (tertiary/aromatic N) is 3. The third-order valence-electron chi connectivity index (χ3n) is 6.40. The zero-order chi connectivity index (χ0) is 25.4. The molecule has 1 aromatic heterocycles. The van der Waals surface area contributed by atoms with Crippen LogP contribution in [0.15, 0.2) is 76.8 Å². The maximum atomic E-state index is 13.6. The number of amides is 1. The van der Waals surface area contributed by atoms with E-state index in [9.17, 15) is 13.2 Å². The first kappa shape index (κ1) is 24.5. The minimum Gasteiger partial charge on any atom is -0.333 e. The number of H-pyrrole nitrogens is 1. The molecule has 0 saturated carbocycles. The van der Waals surface area contributed by atoms with Crippen molar-refractivity contribution in [3.05, 3.63) is 89.0 Å². The molecule has 0 bridgehead atoms. The number of hydrogen-bond acceptors (Lipinski definition) is 5. The number of carbonyl (C=O) groups is 1. The first-order valence-electron chi connectivity index (χ1n) is 11.8. The van der Waals surface area contributed by atoms with Crippen LogP contribution >= 0.6 is 11.8 Å². The van der Waals surface area contributed by atoms with Crippen LogP contribution in [0.4, 0.5) is 0 Å². The second kappa shape index (κ2) is 9.72. The van der Waals surface area contributed by atoms with Gasteiger partial charge in [0.2, 0.25) is 15.9 Å². The van der Waals surface area contributed by atoms with Gasteiger partial charge in [0, 0.05) is 13.1 Å². The van der Waals surface area contributed by atoms with E-state index in [4.69, 9.17) is 0 Å².